The van der Waals surface area contributed by atoms with Crippen molar-refractivity contribution < 1.29 is 8.42 Å². The van der Waals surface area contributed by atoms with Crippen molar-refractivity contribution in [2.45, 2.75) is 31.7 Å². The zero-order valence-corrected chi connectivity index (χ0v) is 12.7. The van der Waals surface area contributed by atoms with E-state index in [9.17, 15) is 8.42 Å². The molecular weight excluding hydrogens is 280 g/mol. The summed E-state index contributed by atoms with van der Waals surface area (Å²) in [6.07, 6.45) is 3.33. The third kappa shape index (κ3) is 3.20. The Bertz CT molecular complexity index is 663. The SMILES string of the molecule is Cc1cc(S(=O)(=O)NC(C)c2cccnc2)c(C)s1. The minimum absolute atomic E-state index is 0.307. The van der Waals surface area contributed by atoms with Gasteiger partial charge in [-0.3, -0.25) is 4.98 Å². The summed E-state index contributed by atoms with van der Waals surface area (Å²) in [5.41, 5.74) is 0.843. The first kappa shape index (κ1) is 14.2. The summed E-state index contributed by atoms with van der Waals surface area (Å²) in [5, 5.41) is 0. The van der Waals surface area contributed by atoms with E-state index in [0.29, 0.717) is 4.90 Å². The zero-order chi connectivity index (χ0) is 14.0. The van der Waals surface area contributed by atoms with Gasteiger partial charge in [-0.2, -0.15) is 0 Å². The molecule has 102 valence electrons. The molecule has 1 N–H and O–H groups in total. The smallest absolute Gasteiger partial charge is 0.242 e. The number of aromatic nitrogens is 1. The van der Waals surface area contributed by atoms with Crippen LogP contribution in [-0.2, 0) is 10.0 Å². The molecule has 4 nitrogen and oxygen atoms in total. The highest BCUT2D eigenvalue weighted by molar-refractivity contribution is 7.89. The molecule has 0 fully saturated rings. The second-order valence-electron chi connectivity index (χ2n) is 4.41. The van der Waals surface area contributed by atoms with Crippen LogP contribution in [0.25, 0.3) is 0 Å². The van der Waals surface area contributed by atoms with Gasteiger partial charge in [0.2, 0.25) is 10.0 Å². The molecule has 1 atom stereocenters. The summed E-state index contributed by atoms with van der Waals surface area (Å²) in [7, 11) is -3.48. The van der Waals surface area contributed by atoms with Gasteiger partial charge in [0.15, 0.2) is 0 Å². The number of pyridine rings is 1. The van der Waals surface area contributed by atoms with Crippen molar-refractivity contribution in [2.24, 2.45) is 0 Å². The molecule has 0 bridgehead atoms. The van der Waals surface area contributed by atoms with Gasteiger partial charge in [0.1, 0.15) is 0 Å². The Kier molecular flexibility index (Phi) is 4.03. The van der Waals surface area contributed by atoms with Crippen molar-refractivity contribution in [3.63, 3.8) is 0 Å². The molecule has 2 aromatic rings. The highest BCUT2D eigenvalue weighted by Gasteiger charge is 2.21. The molecular formula is C13H16N2O2S2. The summed E-state index contributed by atoms with van der Waals surface area (Å²) in [6, 6.07) is 5.04. The number of sulfonamides is 1. The Morgan fingerprint density at radius 3 is 2.63 bits per heavy atom. The molecule has 0 radical (unpaired) electrons. The van der Waals surface area contributed by atoms with Crippen molar-refractivity contribution in [1.82, 2.24) is 9.71 Å². The molecule has 0 aliphatic carbocycles. The monoisotopic (exact) mass is 296 g/mol. The molecule has 19 heavy (non-hydrogen) atoms. The number of hydrogen-bond acceptors (Lipinski definition) is 4. The standard InChI is InChI=1S/C13H16N2O2S2/c1-9-7-13(11(3)18-9)19(16,17)15-10(2)12-5-4-6-14-8-12/h4-8,10,15H,1-3H3. The third-order valence-corrected chi connectivity index (χ3v) is 5.56. The first-order chi connectivity index (χ1) is 8.90. The molecule has 0 saturated heterocycles. The summed E-state index contributed by atoms with van der Waals surface area (Å²) in [4.78, 5) is 6.17. The predicted octanol–water partition coefficient (Wildman–Crippen LogP) is 2.80. The molecule has 2 heterocycles. The lowest BCUT2D eigenvalue weighted by atomic mass is 10.2. The van der Waals surface area contributed by atoms with Crippen LogP contribution in [0, 0.1) is 13.8 Å². The Hall–Kier alpha value is -1.24. The number of nitrogens with one attached hydrogen (secondary N) is 1. The van der Waals surface area contributed by atoms with E-state index in [-0.39, 0.29) is 6.04 Å². The van der Waals surface area contributed by atoms with Gasteiger partial charge in [0.05, 0.1) is 4.90 Å². The van der Waals surface area contributed by atoms with E-state index in [1.54, 1.807) is 24.5 Å². The highest BCUT2D eigenvalue weighted by atomic mass is 32.2. The Labute approximate surface area is 117 Å². The van der Waals surface area contributed by atoms with Crippen molar-refractivity contribution in [2.75, 3.05) is 0 Å². The van der Waals surface area contributed by atoms with Crippen LogP contribution in [0.2, 0.25) is 0 Å². The van der Waals surface area contributed by atoms with Crippen molar-refractivity contribution in [3.8, 4) is 0 Å². The molecule has 2 aromatic heterocycles. The van der Waals surface area contributed by atoms with E-state index in [1.807, 2.05) is 26.8 Å². The maximum absolute atomic E-state index is 12.3. The van der Waals surface area contributed by atoms with Crippen LogP contribution in [0.5, 0.6) is 0 Å². The van der Waals surface area contributed by atoms with Crippen LogP contribution in [0.4, 0.5) is 0 Å². The van der Waals surface area contributed by atoms with Gasteiger partial charge in [-0.1, -0.05) is 6.07 Å². The second kappa shape index (κ2) is 5.40. The summed E-state index contributed by atoms with van der Waals surface area (Å²) < 4.78 is 27.3. The largest absolute Gasteiger partial charge is 0.264 e. The van der Waals surface area contributed by atoms with Gasteiger partial charge >= 0.3 is 0 Å². The molecule has 0 aliphatic rings. The van der Waals surface area contributed by atoms with Gasteiger partial charge in [0, 0.05) is 28.2 Å². The minimum atomic E-state index is -3.48. The van der Waals surface area contributed by atoms with Gasteiger partial charge in [0.25, 0.3) is 0 Å². The van der Waals surface area contributed by atoms with Crippen molar-refractivity contribution in [3.05, 3.63) is 45.9 Å². The first-order valence-corrected chi connectivity index (χ1v) is 8.19. The number of nitrogens with zero attached hydrogens (tertiary/aromatic N) is 1. The average Bonchev–Trinajstić information content (AvgIpc) is 2.70. The molecule has 0 aromatic carbocycles. The first-order valence-electron chi connectivity index (χ1n) is 5.89. The summed E-state index contributed by atoms with van der Waals surface area (Å²) in [6.45, 7) is 5.53. The Morgan fingerprint density at radius 2 is 2.11 bits per heavy atom. The highest BCUT2D eigenvalue weighted by Crippen LogP contribution is 2.26. The van der Waals surface area contributed by atoms with E-state index in [2.05, 4.69) is 9.71 Å². The van der Waals surface area contributed by atoms with Crippen LogP contribution in [0.15, 0.2) is 35.5 Å². The van der Waals surface area contributed by atoms with Gasteiger partial charge < -0.3 is 0 Å². The fourth-order valence-corrected chi connectivity index (χ4v) is 4.66. The van der Waals surface area contributed by atoms with E-state index in [4.69, 9.17) is 0 Å². The average molecular weight is 296 g/mol. The van der Waals surface area contributed by atoms with Crippen LogP contribution in [-0.4, -0.2) is 13.4 Å². The number of rotatable bonds is 4. The summed E-state index contributed by atoms with van der Waals surface area (Å²) in [5.74, 6) is 0. The lowest BCUT2D eigenvalue weighted by Gasteiger charge is -2.14. The van der Waals surface area contributed by atoms with Crippen molar-refractivity contribution in [1.29, 1.82) is 0 Å². The predicted molar refractivity (Wildman–Crippen MR) is 76.8 cm³/mol. The van der Waals surface area contributed by atoms with E-state index in [0.717, 1.165) is 15.3 Å². The quantitative estimate of drug-likeness (QED) is 0.944. The van der Waals surface area contributed by atoms with Gasteiger partial charge in [-0.15, -0.1) is 11.3 Å². The summed E-state index contributed by atoms with van der Waals surface area (Å²) >= 11 is 1.49. The molecule has 0 saturated carbocycles. The maximum atomic E-state index is 12.3. The number of thiophene rings is 1. The zero-order valence-electron chi connectivity index (χ0n) is 11.0. The number of aryl methyl sites for hydroxylation is 2. The Morgan fingerprint density at radius 1 is 1.37 bits per heavy atom. The molecule has 0 amide bonds. The minimum Gasteiger partial charge on any atom is -0.264 e. The molecule has 6 heteroatoms. The fraction of sp³-hybridized carbons (Fsp3) is 0.308. The van der Waals surface area contributed by atoms with Gasteiger partial charge in [-0.05, 0) is 38.5 Å². The molecule has 1 unspecified atom stereocenters. The maximum Gasteiger partial charge on any atom is 0.242 e. The van der Waals surface area contributed by atoms with E-state index < -0.39 is 10.0 Å². The van der Waals surface area contributed by atoms with Crippen LogP contribution in [0.3, 0.4) is 0 Å². The molecule has 2 rings (SSSR count). The van der Waals surface area contributed by atoms with E-state index in [1.165, 1.54) is 11.3 Å². The fourth-order valence-electron chi connectivity index (χ4n) is 1.87. The van der Waals surface area contributed by atoms with E-state index >= 15 is 0 Å². The van der Waals surface area contributed by atoms with Gasteiger partial charge in [-0.25, -0.2) is 13.1 Å². The third-order valence-electron chi connectivity index (χ3n) is 2.80. The van der Waals surface area contributed by atoms with Crippen LogP contribution >= 0.6 is 11.3 Å². The topological polar surface area (TPSA) is 59.1 Å². The second-order valence-corrected chi connectivity index (χ2v) is 7.55. The molecule has 0 aliphatic heterocycles. The Balaban J connectivity index is 2.25. The van der Waals surface area contributed by atoms with Crippen LogP contribution < -0.4 is 4.72 Å². The van der Waals surface area contributed by atoms with Crippen molar-refractivity contribution >= 4 is 21.4 Å². The van der Waals surface area contributed by atoms with Crippen LogP contribution in [0.1, 0.15) is 28.3 Å². The lowest BCUT2D eigenvalue weighted by molar-refractivity contribution is 0.566. The molecule has 0 spiro atoms. The number of hydrogen-bond donors (Lipinski definition) is 1. The normalized spacial score (nSPS) is 13.4. The lowest BCUT2D eigenvalue weighted by Crippen LogP contribution is -2.27.